The Hall–Kier alpha value is -1.94. The van der Waals surface area contributed by atoms with E-state index in [0.29, 0.717) is 12.6 Å². The van der Waals surface area contributed by atoms with E-state index < -0.39 is 0 Å². The molecule has 1 aliphatic carbocycles. The minimum Gasteiger partial charge on any atom is -0.493 e. The van der Waals surface area contributed by atoms with Crippen LogP contribution in [0.25, 0.3) is 0 Å². The van der Waals surface area contributed by atoms with Gasteiger partial charge in [-0.25, -0.2) is 0 Å². The zero-order valence-electron chi connectivity index (χ0n) is 11.6. The molecule has 1 aromatic heterocycles. The van der Waals surface area contributed by atoms with Gasteiger partial charge in [-0.05, 0) is 31.0 Å². The van der Waals surface area contributed by atoms with E-state index in [2.05, 4.69) is 5.32 Å². The van der Waals surface area contributed by atoms with E-state index in [1.165, 1.54) is 12.8 Å². The second kappa shape index (κ2) is 6.01. The number of ether oxygens (including phenoxy) is 2. The summed E-state index contributed by atoms with van der Waals surface area (Å²) in [7, 11) is 1.64. The number of para-hydroxylation sites is 2. The first kappa shape index (κ1) is 13.1. The van der Waals surface area contributed by atoms with Gasteiger partial charge in [0.25, 0.3) is 0 Å². The molecule has 2 aromatic rings. The van der Waals surface area contributed by atoms with Gasteiger partial charge in [0, 0.05) is 11.6 Å². The number of benzene rings is 1. The number of rotatable bonds is 7. The minimum absolute atomic E-state index is 0.485. The SMILES string of the molecule is COc1ccccc1OCc1ccoc1CNC1CC1. The van der Waals surface area contributed by atoms with Crippen molar-refractivity contribution in [3.63, 3.8) is 0 Å². The van der Waals surface area contributed by atoms with E-state index in [0.717, 1.165) is 29.4 Å². The standard InChI is InChI=1S/C16H19NO3/c1-18-14-4-2-3-5-15(14)20-11-12-8-9-19-16(12)10-17-13-6-7-13/h2-5,8-9,13,17H,6-7,10-11H2,1H3. The summed E-state index contributed by atoms with van der Waals surface area (Å²) in [5, 5.41) is 3.45. The second-order valence-electron chi connectivity index (χ2n) is 4.96. The number of nitrogens with one attached hydrogen (secondary N) is 1. The van der Waals surface area contributed by atoms with Crippen molar-refractivity contribution in [1.82, 2.24) is 5.32 Å². The largest absolute Gasteiger partial charge is 0.493 e. The molecule has 1 N–H and O–H groups in total. The molecule has 0 unspecified atom stereocenters. The van der Waals surface area contributed by atoms with Gasteiger partial charge in [0.15, 0.2) is 11.5 Å². The maximum atomic E-state index is 5.82. The third kappa shape index (κ3) is 3.14. The van der Waals surface area contributed by atoms with Crippen LogP contribution in [-0.4, -0.2) is 13.2 Å². The predicted molar refractivity (Wildman–Crippen MR) is 75.9 cm³/mol. The lowest BCUT2D eigenvalue weighted by atomic mass is 10.2. The summed E-state index contributed by atoms with van der Waals surface area (Å²) in [6.07, 6.45) is 4.26. The molecule has 3 rings (SSSR count). The van der Waals surface area contributed by atoms with Gasteiger partial charge < -0.3 is 19.2 Å². The van der Waals surface area contributed by atoms with Crippen molar-refractivity contribution in [2.45, 2.75) is 32.0 Å². The molecule has 20 heavy (non-hydrogen) atoms. The topological polar surface area (TPSA) is 43.6 Å². The quantitative estimate of drug-likeness (QED) is 0.841. The predicted octanol–water partition coefficient (Wildman–Crippen LogP) is 3.12. The fraction of sp³-hybridized carbons (Fsp3) is 0.375. The van der Waals surface area contributed by atoms with E-state index >= 15 is 0 Å². The molecule has 0 saturated heterocycles. The maximum absolute atomic E-state index is 5.82. The van der Waals surface area contributed by atoms with Crippen LogP contribution in [0.5, 0.6) is 11.5 Å². The van der Waals surface area contributed by atoms with Gasteiger partial charge >= 0.3 is 0 Å². The van der Waals surface area contributed by atoms with Crippen LogP contribution in [-0.2, 0) is 13.2 Å². The third-order valence-electron chi connectivity index (χ3n) is 3.42. The van der Waals surface area contributed by atoms with Crippen LogP contribution >= 0.6 is 0 Å². The molecular formula is C16H19NO3. The lowest BCUT2D eigenvalue weighted by molar-refractivity contribution is 0.281. The van der Waals surface area contributed by atoms with Gasteiger partial charge in [-0.3, -0.25) is 0 Å². The van der Waals surface area contributed by atoms with Gasteiger partial charge in [-0.2, -0.15) is 0 Å². The number of furan rings is 1. The number of hydrogen-bond donors (Lipinski definition) is 1. The first-order chi connectivity index (χ1) is 9.86. The Bertz CT molecular complexity index is 560. The van der Waals surface area contributed by atoms with Gasteiger partial charge in [0.2, 0.25) is 0 Å². The molecule has 0 bridgehead atoms. The van der Waals surface area contributed by atoms with Crippen LogP contribution in [0.4, 0.5) is 0 Å². The molecule has 0 radical (unpaired) electrons. The van der Waals surface area contributed by atoms with E-state index in [9.17, 15) is 0 Å². The van der Waals surface area contributed by atoms with Crippen molar-refractivity contribution >= 4 is 0 Å². The summed E-state index contributed by atoms with van der Waals surface area (Å²) in [6, 6.07) is 10.3. The van der Waals surface area contributed by atoms with Crippen LogP contribution in [0, 0.1) is 0 Å². The van der Waals surface area contributed by atoms with Crippen molar-refractivity contribution in [1.29, 1.82) is 0 Å². The molecular weight excluding hydrogens is 254 g/mol. The summed E-state index contributed by atoms with van der Waals surface area (Å²) < 4.78 is 16.6. The summed E-state index contributed by atoms with van der Waals surface area (Å²) in [5.74, 6) is 2.44. The Kier molecular flexibility index (Phi) is 3.92. The van der Waals surface area contributed by atoms with E-state index in [1.54, 1.807) is 13.4 Å². The Labute approximate surface area is 118 Å². The van der Waals surface area contributed by atoms with E-state index in [4.69, 9.17) is 13.9 Å². The van der Waals surface area contributed by atoms with Crippen LogP contribution in [0.2, 0.25) is 0 Å². The lowest BCUT2D eigenvalue weighted by Crippen LogP contribution is -2.16. The summed E-state index contributed by atoms with van der Waals surface area (Å²) in [5.41, 5.74) is 1.07. The zero-order valence-corrected chi connectivity index (χ0v) is 11.6. The smallest absolute Gasteiger partial charge is 0.161 e. The molecule has 4 heteroatoms. The summed E-state index contributed by atoms with van der Waals surface area (Å²) in [6.45, 7) is 1.25. The molecule has 106 valence electrons. The highest BCUT2D eigenvalue weighted by atomic mass is 16.5. The average molecular weight is 273 g/mol. The fourth-order valence-corrected chi connectivity index (χ4v) is 2.07. The molecule has 1 saturated carbocycles. The Morgan fingerprint density at radius 2 is 2.00 bits per heavy atom. The molecule has 0 amide bonds. The first-order valence-corrected chi connectivity index (χ1v) is 6.91. The van der Waals surface area contributed by atoms with Gasteiger partial charge in [0.1, 0.15) is 12.4 Å². The molecule has 0 atom stereocenters. The third-order valence-corrected chi connectivity index (χ3v) is 3.42. The Morgan fingerprint density at radius 1 is 1.20 bits per heavy atom. The van der Waals surface area contributed by atoms with E-state index in [-0.39, 0.29) is 0 Å². The van der Waals surface area contributed by atoms with Crippen LogP contribution in [0.15, 0.2) is 41.0 Å². The zero-order chi connectivity index (χ0) is 13.8. The summed E-state index contributed by atoms with van der Waals surface area (Å²) >= 11 is 0. The molecule has 4 nitrogen and oxygen atoms in total. The monoisotopic (exact) mass is 273 g/mol. The highest BCUT2D eigenvalue weighted by Crippen LogP contribution is 2.27. The van der Waals surface area contributed by atoms with Crippen molar-refractivity contribution in [2.24, 2.45) is 0 Å². The molecule has 1 fully saturated rings. The van der Waals surface area contributed by atoms with Crippen molar-refractivity contribution in [3.8, 4) is 11.5 Å². The summed E-state index contributed by atoms with van der Waals surface area (Å²) in [4.78, 5) is 0. The van der Waals surface area contributed by atoms with Crippen molar-refractivity contribution < 1.29 is 13.9 Å². The molecule has 0 spiro atoms. The van der Waals surface area contributed by atoms with Gasteiger partial charge in [-0.15, -0.1) is 0 Å². The van der Waals surface area contributed by atoms with Gasteiger partial charge in [0.05, 0.1) is 19.9 Å². The number of methoxy groups -OCH3 is 1. The fourth-order valence-electron chi connectivity index (χ4n) is 2.07. The molecule has 1 aliphatic rings. The first-order valence-electron chi connectivity index (χ1n) is 6.91. The normalized spacial score (nSPS) is 14.2. The second-order valence-corrected chi connectivity index (χ2v) is 4.96. The average Bonchev–Trinajstić information content (AvgIpc) is 3.21. The Balaban J connectivity index is 1.61. The van der Waals surface area contributed by atoms with Crippen LogP contribution in [0.1, 0.15) is 24.2 Å². The highest BCUT2D eigenvalue weighted by Gasteiger charge is 2.21. The number of hydrogen-bond acceptors (Lipinski definition) is 4. The van der Waals surface area contributed by atoms with Crippen molar-refractivity contribution in [3.05, 3.63) is 47.9 Å². The molecule has 0 aliphatic heterocycles. The van der Waals surface area contributed by atoms with E-state index in [1.807, 2.05) is 30.3 Å². The minimum atomic E-state index is 0.485. The van der Waals surface area contributed by atoms with Crippen molar-refractivity contribution in [2.75, 3.05) is 7.11 Å². The highest BCUT2D eigenvalue weighted by molar-refractivity contribution is 5.39. The van der Waals surface area contributed by atoms with Crippen LogP contribution < -0.4 is 14.8 Å². The molecule has 1 heterocycles. The molecule has 1 aromatic carbocycles. The maximum Gasteiger partial charge on any atom is 0.161 e. The van der Waals surface area contributed by atoms with Gasteiger partial charge in [-0.1, -0.05) is 12.1 Å². The lowest BCUT2D eigenvalue weighted by Gasteiger charge is -2.10. The van der Waals surface area contributed by atoms with Crippen LogP contribution in [0.3, 0.4) is 0 Å². The Morgan fingerprint density at radius 3 is 2.75 bits per heavy atom.